The van der Waals surface area contributed by atoms with Crippen LogP contribution in [-0.4, -0.2) is 11.7 Å². The molecule has 0 bridgehead atoms. The first-order chi connectivity index (χ1) is 9.54. The predicted octanol–water partition coefficient (Wildman–Crippen LogP) is 4.18. The van der Waals surface area contributed by atoms with Crippen molar-refractivity contribution >= 4 is 11.4 Å². The molecular weight excluding hydrogens is 260 g/mol. The van der Waals surface area contributed by atoms with Gasteiger partial charge in [0.1, 0.15) is 11.6 Å². The van der Waals surface area contributed by atoms with Crippen molar-refractivity contribution in [1.29, 1.82) is 0 Å². The summed E-state index contributed by atoms with van der Waals surface area (Å²) >= 11 is 0. The molecule has 20 heavy (non-hydrogen) atoms. The van der Waals surface area contributed by atoms with E-state index in [1.807, 2.05) is 11.8 Å². The lowest BCUT2D eigenvalue weighted by molar-refractivity contribution is 0.194. The molecule has 106 valence electrons. The molecule has 0 aliphatic rings. The summed E-state index contributed by atoms with van der Waals surface area (Å²) in [5.74, 6) is -0.766. The van der Waals surface area contributed by atoms with Gasteiger partial charge < -0.3 is 10.0 Å². The van der Waals surface area contributed by atoms with Crippen LogP contribution < -0.4 is 4.90 Å². The second kappa shape index (κ2) is 6.01. The smallest absolute Gasteiger partial charge is 0.131 e. The summed E-state index contributed by atoms with van der Waals surface area (Å²) in [4.78, 5) is 1.84. The second-order valence-electron chi connectivity index (χ2n) is 4.57. The van der Waals surface area contributed by atoms with Gasteiger partial charge in [0.05, 0.1) is 6.10 Å². The summed E-state index contributed by atoms with van der Waals surface area (Å²) in [6, 6.07) is 10.7. The Balaban J connectivity index is 2.52. The Hall–Kier alpha value is -1.94. The number of hydrogen-bond acceptors (Lipinski definition) is 2. The maximum Gasteiger partial charge on any atom is 0.131 e. The van der Waals surface area contributed by atoms with E-state index < -0.39 is 11.9 Å². The summed E-state index contributed by atoms with van der Waals surface area (Å²) < 4.78 is 26.9. The maximum absolute atomic E-state index is 13.9. The molecule has 2 aromatic carbocycles. The number of aliphatic hydroxyl groups is 1. The van der Waals surface area contributed by atoms with Gasteiger partial charge in [0.2, 0.25) is 0 Å². The molecule has 0 fully saturated rings. The molecule has 0 unspecified atom stereocenters. The number of benzene rings is 2. The van der Waals surface area contributed by atoms with Crippen molar-refractivity contribution in [1.82, 2.24) is 0 Å². The van der Waals surface area contributed by atoms with Gasteiger partial charge in [-0.25, -0.2) is 8.78 Å². The fourth-order valence-electron chi connectivity index (χ4n) is 2.29. The van der Waals surface area contributed by atoms with Crippen molar-refractivity contribution in [3.8, 4) is 0 Å². The highest BCUT2D eigenvalue weighted by atomic mass is 19.1. The molecule has 0 saturated carbocycles. The van der Waals surface area contributed by atoms with Crippen molar-refractivity contribution in [2.24, 2.45) is 0 Å². The molecule has 0 saturated heterocycles. The lowest BCUT2D eigenvalue weighted by Gasteiger charge is -2.27. The number of aliphatic hydroxyl groups excluding tert-OH is 1. The largest absolute Gasteiger partial charge is 0.389 e. The van der Waals surface area contributed by atoms with E-state index in [0.29, 0.717) is 12.2 Å². The summed E-state index contributed by atoms with van der Waals surface area (Å²) in [7, 11) is 0. The highest BCUT2D eigenvalue weighted by Gasteiger charge is 2.18. The molecule has 0 amide bonds. The van der Waals surface area contributed by atoms with Gasteiger partial charge >= 0.3 is 0 Å². The first-order valence-electron chi connectivity index (χ1n) is 6.54. The predicted molar refractivity (Wildman–Crippen MR) is 76.1 cm³/mol. The van der Waals surface area contributed by atoms with Gasteiger partial charge in [-0.3, -0.25) is 0 Å². The number of rotatable bonds is 4. The van der Waals surface area contributed by atoms with E-state index in [-0.39, 0.29) is 11.4 Å². The Morgan fingerprint density at radius 1 is 1.10 bits per heavy atom. The van der Waals surface area contributed by atoms with E-state index in [1.165, 1.54) is 25.1 Å². The number of hydrogen-bond donors (Lipinski definition) is 1. The topological polar surface area (TPSA) is 23.5 Å². The number of halogens is 2. The zero-order valence-corrected chi connectivity index (χ0v) is 11.5. The van der Waals surface area contributed by atoms with Crippen LogP contribution in [0.15, 0.2) is 42.5 Å². The van der Waals surface area contributed by atoms with Gasteiger partial charge in [-0.05, 0) is 50.2 Å². The van der Waals surface area contributed by atoms with Crippen LogP contribution in [0.5, 0.6) is 0 Å². The quantitative estimate of drug-likeness (QED) is 0.906. The Morgan fingerprint density at radius 3 is 2.30 bits per heavy atom. The molecule has 1 N–H and O–H groups in total. The molecule has 2 rings (SSSR count). The molecule has 0 aromatic heterocycles. The Kier molecular flexibility index (Phi) is 4.35. The summed E-state index contributed by atoms with van der Waals surface area (Å²) in [6.07, 6.45) is -0.916. The molecule has 2 aromatic rings. The summed E-state index contributed by atoms with van der Waals surface area (Å²) in [5.41, 5.74) is 1.59. The molecule has 0 heterocycles. The first kappa shape index (κ1) is 14.5. The van der Waals surface area contributed by atoms with E-state index >= 15 is 0 Å². The highest BCUT2D eigenvalue weighted by molar-refractivity contribution is 5.67. The second-order valence-corrected chi connectivity index (χ2v) is 4.57. The van der Waals surface area contributed by atoms with Crippen LogP contribution in [0.3, 0.4) is 0 Å². The third-order valence-electron chi connectivity index (χ3n) is 3.19. The standard InChI is InChI=1S/C16H17F2NO/c1-3-19(13-9-7-12(17)8-10-13)15-6-4-5-14(18)16(15)11(2)20/h4-11,20H,3H2,1-2H3/t11-/m1/s1. The van der Waals surface area contributed by atoms with Crippen molar-refractivity contribution in [3.05, 3.63) is 59.7 Å². The van der Waals surface area contributed by atoms with E-state index in [1.54, 1.807) is 24.3 Å². The van der Waals surface area contributed by atoms with Gasteiger partial charge in [0, 0.05) is 23.5 Å². The van der Waals surface area contributed by atoms with Crippen LogP contribution >= 0.6 is 0 Å². The molecule has 4 heteroatoms. The minimum atomic E-state index is -0.916. The zero-order valence-electron chi connectivity index (χ0n) is 11.5. The minimum Gasteiger partial charge on any atom is -0.389 e. The number of anilines is 2. The minimum absolute atomic E-state index is 0.249. The van der Waals surface area contributed by atoms with E-state index in [9.17, 15) is 13.9 Å². The molecule has 0 spiro atoms. The van der Waals surface area contributed by atoms with Crippen LogP contribution in [0, 0.1) is 11.6 Å². The van der Waals surface area contributed by atoms with Crippen LogP contribution in [-0.2, 0) is 0 Å². The van der Waals surface area contributed by atoms with Crippen LogP contribution in [0.2, 0.25) is 0 Å². The molecule has 2 nitrogen and oxygen atoms in total. The molecular formula is C16H17F2NO. The van der Waals surface area contributed by atoms with Gasteiger partial charge in [0.25, 0.3) is 0 Å². The van der Waals surface area contributed by atoms with Gasteiger partial charge in [-0.2, -0.15) is 0 Å². The fourth-order valence-corrected chi connectivity index (χ4v) is 2.29. The third-order valence-corrected chi connectivity index (χ3v) is 3.19. The van der Waals surface area contributed by atoms with E-state index in [4.69, 9.17) is 0 Å². The summed E-state index contributed by atoms with van der Waals surface area (Å²) in [6.45, 7) is 4.02. The summed E-state index contributed by atoms with van der Waals surface area (Å²) in [5, 5.41) is 9.79. The average Bonchev–Trinajstić information content (AvgIpc) is 2.41. The van der Waals surface area contributed by atoms with Crippen molar-refractivity contribution < 1.29 is 13.9 Å². The van der Waals surface area contributed by atoms with Crippen molar-refractivity contribution in [2.45, 2.75) is 20.0 Å². The SMILES string of the molecule is CCN(c1ccc(F)cc1)c1cccc(F)c1[C@@H](C)O. The van der Waals surface area contributed by atoms with Crippen LogP contribution in [0.1, 0.15) is 25.5 Å². The number of nitrogens with zero attached hydrogens (tertiary/aromatic N) is 1. The maximum atomic E-state index is 13.9. The van der Waals surface area contributed by atoms with E-state index in [0.717, 1.165) is 5.69 Å². The van der Waals surface area contributed by atoms with Crippen LogP contribution in [0.4, 0.5) is 20.2 Å². The van der Waals surface area contributed by atoms with Crippen molar-refractivity contribution in [2.75, 3.05) is 11.4 Å². The monoisotopic (exact) mass is 277 g/mol. The van der Waals surface area contributed by atoms with Crippen LogP contribution in [0.25, 0.3) is 0 Å². The lowest BCUT2D eigenvalue weighted by Crippen LogP contribution is -2.19. The lowest BCUT2D eigenvalue weighted by atomic mass is 10.1. The fraction of sp³-hybridized carbons (Fsp3) is 0.250. The van der Waals surface area contributed by atoms with Gasteiger partial charge in [-0.1, -0.05) is 6.07 Å². The van der Waals surface area contributed by atoms with Gasteiger partial charge in [0.15, 0.2) is 0 Å². The Bertz CT molecular complexity index is 582. The average molecular weight is 277 g/mol. The van der Waals surface area contributed by atoms with Crippen molar-refractivity contribution in [3.63, 3.8) is 0 Å². The Labute approximate surface area is 117 Å². The molecule has 0 radical (unpaired) electrons. The Morgan fingerprint density at radius 2 is 1.75 bits per heavy atom. The van der Waals surface area contributed by atoms with Gasteiger partial charge in [-0.15, -0.1) is 0 Å². The molecule has 1 atom stereocenters. The molecule has 0 aliphatic carbocycles. The van der Waals surface area contributed by atoms with E-state index in [2.05, 4.69) is 0 Å². The zero-order chi connectivity index (χ0) is 14.7. The highest BCUT2D eigenvalue weighted by Crippen LogP contribution is 2.33. The molecule has 0 aliphatic heterocycles. The first-order valence-corrected chi connectivity index (χ1v) is 6.54. The third kappa shape index (κ3) is 2.80. The normalized spacial score (nSPS) is 12.2.